The Kier molecular flexibility index (Phi) is 4.02. The standard InChI is InChI=1S/C28H20BN8/c1-5-13-25-21(9-1)30-17-34(25)29(35-18-31-22-10-2-6-14-26(22)35,36-19-32-23-11-3-7-15-27(23)36)37-20-33-24-12-4-8-16-28(24)37/h1-20H/q-1. The maximum atomic E-state index is 4.83. The normalized spacial score (nSPS) is 12.3. The third kappa shape index (κ3) is 2.62. The van der Waals surface area contributed by atoms with Crippen LogP contribution in [0.2, 0.25) is 0 Å². The van der Waals surface area contributed by atoms with Crippen molar-refractivity contribution < 1.29 is 0 Å². The fraction of sp³-hybridized carbons (Fsp3) is 0. The van der Waals surface area contributed by atoms with Crippen molar-refractivity contribution in [1.82, 2.24) is 37.8 Å². The molecule has 9 heteroatoms. The first kappa shape index (κ1) is 20.1. The van der Waals surface area contributed by atoms with E-state index < -0.39 is 6.69 Å². The number of para-hydroxylation sites is 8. The monoisotopic (exact) mass is 479 g/mol. The number of hydrogen-bond acceptors (Lipinski definition) is 4. The number of aromatic nitrogens is 8. The van der Waals surface area contributed by atoms with Crippen LogP contribution in [0.1, 0.15) is 0 Å². The maximum Gasteiger partial charge on any atom is 0.407 e. The summed E-state index contributed by atoms with van der Waals surface area (Å²) in [6, 6.07) is 32.8. The molecule has 0 bridgehead atoms. The van der Waals surface area contributed by atoms with E-state index in [0.717, 1.165) is 44.1 Å². The van der Waals surface area contributed by atoms with E-state index in [1.807, 2.05) is 98.1 Å². The highest BCUT2D eigenvalue weighted by molar-refractivity contribution is 6.76. The Morgan fingerprint density at radius 2 is 0.595 bits per heavy atom. The van der Waals surface area contributed by atoms with Gasteiger partial charge < -0.3 is 17.9 Å². The summed E-state index contributed by atoms with van der Waals surface area (Å²) in [5.41, 5.74) is 7.62. The molecule has 0 saturated carbocycles. The molecule has 4 heterocycles. The second-order valence-corrected chi connectivity index (χ2v) is 9.26. The van der Waals surface area contributed by atoms with Crippen LogP contribution >= 0.6 is 0 Å². The van der Waals surface area contributed by atoms with Crippen molar-refractivity contribution in [1.29, 1.82) is 0 Å². The van der Waals surface area contributed by atoms with Crippen molar-refractivity contribution in [2.24, 2.45) is 0 Å². The number of hydrogen-bond donors (Lipinski definition) is 0. The van der Waals surface area contributed by atoms with Crippen LogP contribution in [0.3, 0.4) is 0 Å². The molecule has 8 rings (SSSR count). The molecule has 37 heavy (non-hydrogen) atoms. The van der Waals surface area contributed by atoms with E-state index in [4.69, 9.17) is 19.9 Å². The van der Waals surface area contributed by atoms with E-state index in [1.165, 1.54) is 0 Å². The minimum Gasteiger partial charge on any atom is -0.448 e. The summed E-state index contributed by atoms with van der Waals surface area (Å²) < 4.78 is 8.97. The maximum absolute atomic E-state index is 4.83. The molecular formula is C28H20BN8-. The fourth-order valence-corrected chi connectivity index (χ4v) is 5.82. The highest BCUT2D eigenvalue weighted by Gasteiger charge is 2.39. The zero-order valence-electron chi connectivity index (χ0n) is 19.7. The SMILES string of the molecule is c1ccc2c(c1)ncn2[B-](n1cnc2ccccc21)(n1cnc2ccccc21)n1cnc2ccccc21. The van der Waals surface area contributed by atoms with Gasteiger partial charge in [-0.15, -0.1) is 0 Å². The minimum atomic E-state index is -2.09. The van der Waals surface area contributed by atoms with E-state index in [-0.39, 0.29) is 0 Å². The minimum absolute atomic E-state index is 0.909. The first-order valence-electron chi connectivity index (χ1n) is 12.2. The molecule has 0 N–H and O–H groups in total. The van der Waals surface area contributed by atoms with Gasteiger partial charge in [-0.1, -0.05) is 48.5 Å². The van der Waals surface area contributed by atoms with E-state index >= 15 is 0 Å². The summed E-state index contributed by atoms with van der Waals surface area (Å²) in [6.07, 6.45) is 7.68. The van der Waals surface area contributed by atoms with E-state index in [9.17, 15) is 0 Å². The summed E-state index contributed by atoms with van der Waals surface area (Å²) in [4.78, 5) is 19.3. The molecule has 0 fully saturated rings. The van der Waals surface area contributed by atoms with Crippen LogP contribution in [-0.4, -0.2) is 44.5 Å². The molecule has 0 spiro atoms. The molecule has 8 aromatic rings. The molecule has 176 valence electrons. The van der Waals surface area contributed by atoms with Crippen LogP contribution in [0.15, 0.2) is 122 Å². The van der Waals surface area contributed by atoms with Crippen LogP contribution in [-0.2, 0) is 0 Å². The lowest BCUT2D eigenvalue weighted by molar-refractivity contribution is 0.849. The number of fused-ring (bicyclic) bond motifs is 4. The average Bonchev–Trinajstić information content (AvgIpc) is 3.75. The summed E-state index contributed by atoms with van der Waals surface area (Å²) in [5.74, 6) is 0. The zero-order valence-corrected chi connectivity index (χ0v) is 19.7. The van der Waals surface area contributed by atoms with Crippen molar-refractivity contribution in [2.75, 3.05) is 0 Å². The Morgan fingerprint density at radius 3 is 0.865 bits per heavy atom. The van der Waals surface area contributed by atoms with Crippen LogP contribution in [0.5, 0.6) is 0 Å². The Morgan fingerprint density at radius 1 is 0.351 bits per heavy atom. The predicted molar refractivity (Wildman–Crippen MR) is 146 cm³/mol. The molecule has 0 unspecified atom stereocenters. The molecule has 0 aliphatic heterocycles. The summed E-state index contributed by atoms with van der Waals surface area (Å²) in [5, 5.41) is 0. The summed E-state index contributed by atoms with van der Waals surface area (Å²) >= 11 is 0. The third-order valence-corrected chi connectivity index (χ3v) is 7.42. The number of rotatable bonds is 4. The van der Waals surface area contributed by atoms with Crippen LogP contribution in [0.4, 0.5) is 0 Å². The molecule has 4 aromatic heterocycles. The van der Waals surface area contributed by atoms with Gasteiger partial charge in [0.1, 0.15) is 0 Å². The van der Waals surface area contributed by atoms with Crippen molar-refractivity contribution in [3.8, 4) is 0 Å². The molecule has 0 radical (unpaired) electrons. The van der Waals surface area contributed by atoms with E-state index in [2.05, 4.69) is 42.2 Å². The number of benzene rings is 4. The average molecular weight is 479 g/mol. The number of imidazole rings is 4. The molecule has 0 aliphatic carbocycles. The summed E-state index contributed by atoms with van der Waals surface area (Å²) in [7, 11) is 0. The van der Waals surface area contributed by atoms with Crippen LogP contribution in [0, 0.1) is 0 Å². The predicted octanol–water partition coefficient (Wildman–Crippen LogP) is 5.01. The van der Waals surface area contributed by atoms with Crippen LogP contribution in [0.25, 0.3) is 44.1 Å². The first-order chi connectivity index (χ1) is 18.4. The lowest BCUT2D eigenvalue weighted by Crippen LogP contribution is -2.63. The quantitative estimate of drug-likeness (QED) is 0.333. The Bertz CT molecular complexity index is 1780. The first-order valence-corrected chi connectivity index (χ1v) is 12.2. The van der Waals surface area contributed by atoms with Gasteiger partial charge in [-0.3, -0.25) is 0 Å². The third-order valence-electron chi connectivity index (χ3n) is 7.42. The van der Waals surface area contributed by atoms with Gasteiger partial charge in [-0.25, -0.2) is 19.9 Å². The lowest BCUT2D eigenvalue weighted by Gasteiger charge is -2.47. The molecular weight excluding hydrogens is 459 g/mol. The van der Waals surface area contributed by atoms with Gasteiger partial charge in [-0.05, 0) is 48.5 Å². The van der Waals surface area contributed by atoms with Crippen LogP contribution < -0.4 is 0 Å². The van der Waals surface area contributed by atoms with Crippen molar-refractivity contribution in [3.05, 3.63) is 122 Å². The summed E-state index contributed by atoms with van der Waals surface area (Å²) in [6.45, 7) is -2.09. The highest BCUT2D eigenvalue weighted by atomic mass is 15.4. The van der Waals surface area contributed by atoms with Gasteiger partial charge in [0.2, 0.25) is 0 Å². The lowest BCUT2D eigenvalue weighted by atomic mass is 9.70. The van der Waals surface area contributed by atoms with Crippen molar-refractivity contribution in [2.45, 2.75) is 0 Å². The highest BCUT2D eigenvalue weighted by Crippen LogP contribution is 2.31. The van der Waals surface area contributed by atoms with Crippen molar-refractivity contribution >= 4 is 50.8 Å². The largest absolute Gasteiger partial charge is 0.448 e. The topological polar surface area (TPSA) is 71.3 Å². The number of nitrogens with zero attached hydrogens (tertiary/aromatic N) is 8. The fourth-order valence-electron chi connectivity index (χ4n) is 5.82. The van der Waals surface area contributed by atoms with E-state index in [0.29, 0.717) is 0 Å². The van der Waals surface area contributed by atoms with Gasteiger partial charge in [0, 0.05) is 22.1 Å². The Balaban J connectivity index is 1.65. The van der Waals surface area contributed by atoms with Gasteiger partial charge in [0.05, 0.1) is 47.4 Å². The second kappa shape index (κ2) is 7.41. The van der Waals surface area contributed by atoms with E-state index in [1.54, 1.807) is 0 Å². The molecule has 0 saturated heterocycles. The van der Waals surface area contributed by atoms with Gasteiger partial charge in [0.25, 0.3) is 0 Å². The van der Waals surface area contributed by atoms with Gasteiger partial charge in [-0.2, -0.15) is 0 Å². The second-order valence-electron chi connectivity index (χ2n) is 9.26. The molecule has 4 aromatic carbocycles. The molecule has 0 atom stereocenters. The zero-order chi connectivity index (χ0) is 24.4. The van der Waals surface area contributed by atoms with Crippen molar-refractivity contribution in [3.63, 3.8) is 0 Å². The smallest absolute Gasteiger partial charge is 0.407 e. The molecule has 8 nitrogen and oxygen atoms in total. The Hall–Kier alpha value is -5.18. The van der Waals surface area contributed by atoms with Gasteiger partial charge in [0.15, 0.2) is 0 Å². The van der Waals surface area contributed by atoms with Gasteiger partial charge >= 0.3 is 6.69 Å². The Labute approximate surface area is 211 Å². The molecule has 0 amide bonds. The molecule has 0 aliphatic rings.